The van der Waals surface area contributed by atoms with Crippen molar-refractivity contribution in [2.75, 3.05) is 0 Å². The van der Waals surface area contributed by atoms with Gasteiger partial charge in [-0.1, -0.05) is 6.92 Å². The number of nitrogens with zero attached hydrogens (tertiary/aromatic N) is 1. The maximum atomic E-state index is 11.9. The van der Waals surface area contributed by atoms with Crippen molar-refractivity contribution in [3.8, 4) is 0 Å². The molecule has 0 saturated carbocycles. The van der Waals surface area contributed by atoms with Crippen LogP contribution >= 0.6 is 11.3 Å². The molecule has 1 rings (SSSR count). The number of aryl methyl sites for hydroxylation is 1. The van der Waals surface area contributed by atoms with E-state index in [0.717, 1.165) is 17.1 Å². The average molecular weight is 297 g/mol. The molecule has 1 aromatic rings. The molecule has 1 heterocycles. The fraction of sp³-hybridized carbons (Fsp3) is 0.643. The van der Waals surface area contributed by atoms with E-state index < -0.39 is 6.04 Å². The first kappa shape index (κ1) is 16.6. The summed E-state index contributed by atoms with van der Waals surface area (Å²) in [7, 11) is 0. The largest absolute Gasteiger partial charge is 0.350 e. The Hall–Kier alpha value is -1.43. The molecule has 0 aromatic carbocycles. The summed E-state index contributed by atoms with van der Waals surface area (Å²) in [6.07, 6.45) is 1.08. The maximum absolute atomic E-state index is 11.9. The second-order valence-electron chi connectivity index (χ2n) is 5.79. The zero-order valence-electron chi connectivity index (χ0n) is 12.7. The third-order valence-electron chi connectivity index (χ3n) is 2.51. The van der Waals surface area contributed by atoms with Crippen molar-refractivity contribution in [3.05, 3.63) is 16.1 Å². The van der Waals surface area contributed by atoms with E-state index in [1.165, 1.54) is 0 Å². The molecular weight excluding hydrogens is 274 g/mol. The van der Waals surface area contributed by atoms with Crippen LogP contribution in [0.3, 0.4) is 0 Å². The maximum Gasteiger partial charge on any atom is 0.242 e. The second-order valence-corrected chi connectivity index (χ2v) is 6.73. The highest BCUT2D eigenvalue weighted by atomic mass is 32.1. The van der Waals surface area contributed by atoms with Gasteiger partial charge in [0.25, 0.3) is 0 Å². The minimum absolute atomic E-state index is 0.182. The molecule has 0 aliphatic heterocycles. The van der Waals surface area contributed by atoms with Crippen molar-refractivity contribution in [1.82, 2.24) is 15.6 Å². The summed E-state index contributed by atoms with van der Waals surface area (Å²) in [4.78, 5) is 28.1. The van der Waals surface area contributed by atoms with Gasteiger partial charge in [0.1, 0.15) is 6.04 Å². The number of hydrogen-bond acceptors (Lipinski definition) is 4. The monoisotopic (exact) mass is 297 g/mol. The van der Waals surface area contributed by atoms with Gasteiger partial charge in [-0.25, -0.2) is 4.98 Å². The van der Waals surface area contributed by atoms with Crippen LogP contribution in [-0.2, 0) is 22.4 Å². The van der Waals surface area contributed by atoms with E-state index in [9.17, 15) is 9.59 Å². The van der Waals surface area contributed by atoms with E-state index in [-0.39, 0.29) is 23.8 Å². The number of nitrogens with one attached hydrogen (secondary N) is 2. The van der Waals surface area contributed by atoms with E-state index >= 15 is 0 Å². The van der Waals surface area contributed by atoms with Crippen LogP contribution in [0.1, 0.15) is 45.3 Å². The third-order valence-corrected chi connectivity index (χ3v) is 3.55. The van der Waals surface area contributed by atoms with Gasteiger partial charge in [0, 0.05) is 10.9 Å². The summed E-state index contributed by atoms with van der Waals surface area (Å²) in [5.74, 6) is -0.368. The average Bonchev–Trinajstić information content (AvgIpc) is 2.74. The molecule has 20 heavy (non-hydrogen) atoms. The Morgan fingerprint density at radius 3 is 2.55 bits per heavy atom. The topological polar surface area (TPSA) is 71.1 Å². The lowest BCUT2D eigenvalue weighted by atomic mass is 10.1. The van der Waals surface area contributed by atoms with Crippen molar-refractivity contribution in [1.29, 1.82) is 0 Å². The van der Waals surface area contributed by atoms with Crippen molar-refractivity contribution < 1.29 is 9.59 Å². The minimum atomic E-state index is -0.550. The van der Waals surface area contributed by atoms with E-state index in [2.05, 4.69) is 15.6 Å². The number of hydrogen-bond donors (Lipinski definition) is 2. The first-order valence-electron chi connectivity index (χ1n) is 6.76. The zero-order chi connectivity index (χ0) is 15.3. The van der Waals surface area contributed by atoms with Crippen molar-refractivity contribution in [2.24, 2.45) is 0 Å². The molecule has 2 amide bonds. The van der Waals surface area contributed by atoms with Crippen molar-refractivity contribution in [3.63, 3.8) is 0 Å². The standard InChI is InChI=1S/C14H23N3O2S/c1-6-12-16-10(8-20-12)7-11(18)15-9(2)13(19)17-14(3,4)5/h8-9H,6-7H2,1-5H3,(H,15,18)(H,17,19). The Morgan fingerprint density at radius 1 is 1.40 bits per heavy atom. The highest BCUT2D eigenvalue weighted by molar-refractivity contribution is 7.09. The molecule has 0 saturated heterocycles. The lowest BCUT2D eigenvalue weighted by Crippen LogP contribution is -2.51. The molecule has 112 valence electrons. The van der Waals surface area contributed by atoms with Gasteiger partial charge in [0.05, 0.1) is 17.1 Å². The molecule has 0 radical (unpaired) electrons. The Morgan fingerprint density at radius 2 is 2.05 bits per heavy atom. The van der Waals surface area contributed by atoms with Gasteiger partial charge in [-0.2, -0.15) is 0 Å². The number of carbonyl (C=O) groups is 2. The highest BCUT2D eigenvalue weighted by Crippen LogP contribution is 2.10. The molecular formula is C14H23N3O2S. The number of thiazole rings is 1. The molecule has 0 spiro atoms. The molecule has 0 aliphatic rings. The van der Waals surface area contributed by atoms with Crippen molar-refractivity contribution in [2.45, 2.75) is 59.0 Å². The molecule has 0 aliphatic carbocycles. The summed E-state index contributed by atoms with van der Waals surface area (Å²) < 4.78 is 0. The summed E-state index contributed by atoms with van der Waals surface area (Å²) >= 11 is 1.55. The van der Waals surface area contributed by atoms with Crippen LogP contribution < -0.4 is 10.6 Å². The number of rotatable bonds is 5. The minimum Gasteiger partial charge on any atom is -0.350 e. The normalized spacial score (nSPS) is 12.8. The fourth-order valence-corrected chi connectivity index (χ4v) is 2.34. The zero-order valence-corrected chi connectivity index (χ0v) is 13.6. The quantitative estimate of drug-likeness (QED) is 0.868. The van der Waals surface area contributed by atoms with Crippen LogP contribution in [0.5, 0.6) is 0 Å². The molecule has 0 fully saturated rings. The molecule has 1 aromatic heterocycles. The first-order valence-corrected chi connectivity index (χ1v) is 7.64. The van der Waals surface area contributed by atoms with E-state index in [4.69, 9.17) is 0 Å². The summed E-state index contributed by atoms with van der Waals surface area (Å²) in [5.41, 5.74) is 0.453. The van der Waals surface area contributed by atoms with Gasteiger partial charge in [0.15, 0.2) is 0 Å². The number of amides is 2. The highest BCUT2D eigenvalue weighted by Gasteiger charge is 2.20. The van der Waals surface area contributed by atoms with Crippen LogP contribution in [0.2, 0.25) is 0 Å². The van der Waals surface area contributed by atoms with Gasteiger partial charge in [-0.3, -0.25) is 9.59 Å². The Kier molecular flexibility index (Phi) is 5.68. The molecule has 1 unspecified atom stereocenters. The van der Waals surface area contributed by atoms with Crippen molar-refractivity contribution >= 4 is 23.2 Å². The Balaban J connectivity index is 2.47. The smallest absolute Gasteiger partial charge is 0.242 e. The van der Waals surface area contributed by atoms with Crippen LogP contribution in [0.25, 0.3) is 0 Å². The fourth-order valence-electron chi connectivity index (χ4n) is 1.59. The predicted octanol–water partition coefficient (Wildman–Crippen LogP) is 1.67. The molecule has 6 heteroatoms. The predicted molar refractivity (Wildman–Crippen MR) is 80.7 cm³/mol. The summed E-state index contributed by atoms with van der Waals surface area (Å²) in [5, 5.41) is 8.43. The third kappa shape index (κ3) is 5.69. The number of aromatic nitrogens is 1. The lowest BCUT2D eigenvalue weighted by molar-refractivity contribution is -0.129. The van der Waals surface area contributed by atoms with Gasteiger partial charge in [-0.05, 0) is 34.1 Å². The second kappa shape index (κ2) is 6.83. The van der Waals surface area contributed by atoms with Crippen LogP contribution in [0.15, 0.2) is 5.38 Å². The van der Waals surface area contributed by atoms with Crippen LogP contribution in [0.4, 0.5) is 0 Å². The van der Waals surface area contributed by atoms with Gasteiger partial charge >= 0.3 is 0 Å². The summed E-state index contributed by atoms with van der Waals surface area (Å²) in [6, 6.07) is -0.550. The summed E-state index contributed by atoms with van der Waals surface area (Å²) in [6.45, 7) is 9.42. The first-order chi connectivity index (χ1) is 9.21. The van der Waals surface area contributed by atoms with Crippen LogP contribution in [0, 0.1) is 0 Å². The molecule has 5 nitrogen and oxygen atoms in total. The SMILES string of the molecule is CCc1nc(CC(=O)NC(C)C(=O)NC(C)(C)C)cs1. The molecule has 1 atom stereocenters. The number of carbonyl (C=O) groups excluding carboxylic acids is 2. The molecule has 2 N–H and O–H groups in total. The molecule has 0 bridgehead atoms. The van der Waals surface area contributed by atoms with Gasteiger partial charge in [-0.15, -0.1) is 11.3 Å². The Bertz CT molecular complexity index is 477. The van der Waals surface area contributed by atoms with Gasteiger partial charge in [0.2, 0.25) is 11.8 Å². The van der Waals surface area contributed by atoms with E-state index in [0.29, 0.717) is 0 Å². The van der Waals surface area contributed by atoms with Gasteiger partial charge < -0.3 is 10.6 Å². The Labute approximate surface area is 124 Å². The lowest BCUT2D eigenvalue weighted by Gasteiger charge is -2.23. The van der Waals surface area contributed by atoms with E-state index in [1.807, 2.05) is 33.1 Å². The van der Waals surface area contributed by atoms with E-state index in [1.54, 1.807) is 18.3 Å². The van der Waals surface area contributed by atoms with Crippen LogP contribution in [-0.4, -0.2) is 28.4 Å².